The summed E-state index contributed by atoms with van der Waals surface area (Å²) in [6.07, 6.45) is 2.96. The van der Waals surface area contributed by atoms with Gasteiger partial charge in [0.25, 0.3) is 0 Å². The molecule has 2 heterocycles. The Morgan fingerprint density at radius 2 is 1.80 bits per heavy atom. The first-order valence-corrected chi connectivity index (χ1v) is 11.8. The van der Waals surface area contributed by atoms with Crippen molar-refractivity contribution in [1.29, 1.82) is 0 Å². The molecule has 0 atom stereocenters. The Morgan fingerprint density at radius 1 is 1.13 bits per heavy atom. The molecule has 1 aliphatic rings. The second kappa shape index (κ2) is 10.1. The number of rotatable bonds is 7. The molecular formula is C21H31N5O3S. The molecule has 0 spiro atoms. The van der Waals surface area contributed by atoms with Crippen LogP contribution in [0.1, 0.15) is 56.0 Å². The van der Waals surface area contributed by atoms with Gasteiger partial charge in [-0.25, -0.2) is 8.42 Å². The minimum atomic E-state index is -3.40. The molecule has 0 saturated carbocycles. The van der Waals surface area contributed by atoms with Gasteiger partial charge in [-0.2, -0.15) is 4.31 Å². The highest BCUT2D eigenvalue weighted by Crippen LogP contribution is 2.21. The number of hydrogen-bond acceptors (Lipinski definition) is 5. The summed E-state index contributed by atoms with van der Waals surface area (Å²) in [5.74, 6) is 1.69. The molecule has 0 aliphatic carbocycles. The van der Waals surface area contributed by atoms with Crippen molar-refractivity contribution in [2.45, 2.75) is 57.0 Å². The molecule has 8 nitrogen and oxygen atoms in total. The minimum absolute atomic E-state index is 0.321. The lowest BCUT2D eigenvalue weighted by Gasteiger charge is -2.25. The second-order valence-electron chi connectivity index (χ2n) is 7.76. The van der Waals surface area contributed by atoms with Crippen LogP contribution in [0.15, 0.2) is 44.7 Å². The van der Waals surface area contributed by atoms with Crippen LogP contribution in [0.4, 0.5) is 0 Å². The highest BCUT2D eigenvalue weighted by Gasteiger charge is 2.25. The van der Waals surface area contributed by atoms with Gasteiger partial charge in [0.2, 0.25) is 10.0 Å². The summed E-state index contributed by atoms with van der Waals surface area (Å²) in [6, 6.07) is 8.97. The zero-order chi connectivity index (χ0) is 21.6. The van der Waals surface area contributed by atoms with Crippen LogP contribution in [0.3, 0.4) is 0 Å². The lowest BCUT2D eigenvalue weighted by Crippen LogP contribution is -2.36. The van der Waals surface area contributed by atoms with E-state index in [4.69, 9.17) is 4.52 Å². The first kappa shape index (κ1) is 22.3. The molecule has 9 heteroatoms. The van der Waals surface area contributed by atoms with E-state index in [1.165, 1.54) is 0 Å². The molecule has 1 aliphatic heterocycles. The predicted octanol–water partition coefficient (Wildman–Crippen LogP) is 2.84. The lowest BCUT2D eigenvalue weighted by molar-refractivity contribution is 0.346. The van der Waals surface area contributed by atoms with Crippen molar-refractivity contribution in [1.82, 2.24) is 20.1 Å². The highest BCUT2D eigenvalue weighted by molar-refractivity contribution is 7.89. The number of guanidine groups is 1. The molecule has 2 aromatic rings. The maximum Gasteiger partial charge on any atom is 0.243 e. The normalized spacial score (nSPS) is 16.1. The van der Waals surface area contributed by atoms with Crippen LogP contribution >= 0.6 is 0 Å². The van der Waals surface area contributed by atoms with Crippen molar-refractivity contribution in [3.8, 4) is 0 Å². The fourth-order valence-corrected chi connectivity index (χ4v) is 4.81. The topological polar surface area (TPSA) is 99.8 Å². The summed E-state index contributed by atoms with van der Waals surface area (Å²) < 4.78 is 32.4. The number of hydrogen-bond donors (Lipinski definition) is 2. The van der Waals surface area contributed by atoms with Crippen molar-refractivity contribution >= 4 is 16.0 Å². The van der Waals surface area contributed by atoms with Crippen LogP contribution in [0, 0.1) is 0 Å². The van der Waals surface area contributed by atoms with Gasteiger partial charge in [-0.15, -0.1) is 0 Å². The number of nitrogens with one attached hydrogen (secondary N) is 2. The average Bonchev–Trinajstić information content (AvgIpc) is 3.24. The van der Waals surface area contributed by atoms with E-state index in [9.17, 15) is 8.42 Å². The number of aromatic nitrogens is 1. The monoisotopic (exact) mass is 433 g/mol. The fourth-order valence-electron chi connectivity index (χ4n) is 3.30. The molecular weight excluding hydrogens is 402 g/mol. The Bertz CT molecular complexity index is 945. The predicted molar refractivity (Wildman–Crippen MR) is 117 cm³/mol. The van der Waals surface area contributed by atoms with E-state index >= 15 is 0 Å². The zero-order valence-corrected chi connectivity index (χ0v) is 18.7. The number of benzene rings is 1. The third-order valence-electron chi connectivity index (χ3n) is 5.16. The minimum Gasteiger partial charge on any atom is -0.359 e. The van der Waals surface area contributed by atoms with Gasteiger partial charge in [0.15, 0.2) is 11.7 Å². The van der Waals surface area contributed by atoms with Crippen molar-refractivity contribution < 1.29 is 12.9 Å². The van der Waals surface area contributed by atoms with Crippen LogP contribution in [0.25, 0.3) is 0 Å². The molecule has 164 valence electrons. The summed E-state index contributed by atoms with van der Waals surface area (Å²) in [7, 11) is -1.70. The molecule has 3 rings (SSSR count). The summed E-state index contributed by atoms with van der Waals surface area (Å²) in [6.45, 7) is 6.36. The van der Waals surface area contributed by atoms with E-state index in [2.05, 4.69) is 34.6 Å². The van der Waals surface area contributed by atoms with Gasteiger partial charge < -0.3 is 15.2 Å². The van der Waals surface area contributed by atoms with E-state index in [1.807, 2.05) is 18.2 Å². The van der Waals surface area contributed by atoms with E-state index in [-0.39, 0.29) is 0 Å². The summed E-state index contributed by atoms with van der Waals surface area (Å²) in [5, 5.41) is 10.5. The molecule has 30 heavy (non-hydrogen) atoms. The fraction of sp³-hybridized carbons (Fsp3) is 0.524. The molecule has 0 amide bonds. The molecule has 1 saturated heterocycles. The largest absolute Gasteiger partial charge is 0.359 e. The van der Waals surface area contributed by atoms with Crippen molar-refractivity contribution in [3.05, 3.63) is 47.3 Å². The van der Waals surface area contributed by atoms with Crippen LogP contribution in [-0.2, 0) is 23.1 Å². The van der Waals surface area contributed by atoms with E-state index < -0.39 is 10.0 Å². The van der Waals surface area contributed by atoms with E-state index in [0.29, 0.717) is 43.0 Å². The quantitative estimate of drug-likeness (QED) is 0.514. The Hall–Kier alpha value is -2.39. The van der Waals surface area contributed by atoms with Gasteiger partial charge in [0.05, 0.1) is 17.1 Å². The number of piperidine rings is 1. The van der Waals surface area contributed by atoms with Gasteiger partial charge in [0, 0.05) is 32.7 Å². The van der Waals surface area contributed by atoms with Crippen molar-refractivity contribution in [2.75, 3.05) is 20.1 Å². The third kappa shape index (κ3) is 5.60. The Balaban J connectivity index is 1.53. The van der Waals surface area contributed by atoms with E-state index in [1.54, 1.807) is 23.5 Å². The first-order chi connectivity index (χ1) is 14.4. The summed E-state index contributed by atoms with van der Waals surface area (Å²) in [5.41, 5.74) is 1.90. The average molecular weight is 434 g/mol. The molecule has 1 aromatic heterocycles. The maximum atomic E-state index is 12.7. The van der Waals surface area contributed by atoms with Crippen LogP contribution in [-0.4, -0.2) is 44.0 Å². The number of nitrogens with zero attached hydrogens (tertiary/aromatic N) is 3. The number of sulfonamides is 1. The molecule has 0 radical (unpaired) electrons. The number of aliphatic imine (C=N–C) groups is 1. The summed E-state index contributed by atoms with van der Waals surface area (Å²) in [4.78, 5) is 4.56. The second-order valence-corrected chi connectivity index (χ2v) is 9.70. The van der Waals surface area contributed by atoms with Gasteiger partial charge in [-0.05, 0) is 36.5 Å². The Kier molecular flexibility index (Phi) is 7.49. The summed E-state index contributed by atoms with van der Waals surface area (Å²) >= 11 is 0. The maximum absolute atomic E-state index is 12.7. The molecule has 0 bridgehead atoms. The van der Waals surface area contributed by atoms with Crippen LogP contribution < -0.4 is 10.6 Å². The van der Waals surface area contributed by atoms with Gasteiger partial charge in [-0.3, -0.25) is 4.99 Å². The molecule has 1 aromatic carbocycles. The first-order valence-electron chi connectivity index (χ1n) is 10.4. The third-order valence-corrected chi connectivity index (χ3v) is 7.07. The van der Waals surface area contributed by atoms with Gasteiger partial charge in [0.1, 0.15) is 0 Å². The zero-order valence-electron chi connectivity index (χ0n) is 17.9. The molecule has 2 N–H and O–H groups in total. The van der Waals surface area contributed by atoms with Gasteiger partial charge in [-0.1, -0.05) is 37.6 Å². The molecule has 0 unspecified atom stereocenters. The lowest BCUT2D eigenvalue weighted by atomic mass is 10.1. The highest BCUT2D eigenvalue weighted by atomic mass is 32.2. The van der Waals surface area contributed by atoms with Crippen LogP contribution in [0.5, 0.6) is 0 Å². The van der Waals surface area contributed by atoms with Crippen LogP contribution in [0.2, 0.25) is 0 Å². The SMILES string of the molecule is CN=C(NCc1ccc(S(=O)(=O)N2CCCCC2)cc1)NCc1cc(C(C)C)no1. The van der Waals surface area contributed by atoms with E-state index in [0.717, 1.165) is 36.3 Å². The van der Waals surface area contributed by atoms with Gasteiger partial charge >= 0.3 is 0 Å². The van der Waals surface area contributed by atoms with Crippen molar-refractivity contribution in [3.63, 3.8) is 0 Å². The standard InChI is InChI=1S/C21H31N5O3S/c1-16(2)20-13-18(29-25-20)15-24-21(22-3)23-14-17-7-9-19(10-8-17)30(27,28)26-11-5-4-6-12-26/h7-10,13,16H,4-6,11-12,14-15H2,1-3H3,(H2,22,23,24). The Morgan fingerprint density at radius 3 is 2.40 bits per heavy atom. The molecule has 1 fully saturated rings. The Labute approximate surface area is 178 Å². The smallest absolute Gasteiger partial charge is 0.243 e. The van der Waals surface area contributed by atoms with Crippen molar-refractivity contribution in [2.24, 2.45) is 4.99 Å².